The van der Waals surface area contributed by atoms with E-state index < -0.39 is 10.0 Å². The van der Waals surface area contributed by atoms with Crippen LogP contribution < -0.4 is 23.3 Å². The van der Waals surface area contributed by atoms with Gasteiger partial charge in [-0.25, -0.2) is 8.42 Å². The summed E-state index contributed by atoms with van der Waals surface area (Å²) in [5, 5.41) is 0. The summed E-state index contributed by atoms with van der Waals surface area (Å²) in [7, 11) is 3.62. The molecule has 0 spiro atoms. The van der Waals surface area contributed by atoms with E-state index in [1.165, 1.54) is 47.6 Å². The maximum absolute atomic E-state index is 12.9. The third-order valence-corrected chi connectivity index (χ3v) is 5.53. The van der Waals surface area contributed by atoms with Crippen LogP contribution in [0.4, 0.5) is 5.69 Å². The molecule has 136 valence electrons. The summed E-state index contributed by atoms with van der Waals surface area (Å²) in [4.78, 5) is 0.0856. The van der Waals surface area contributed by atoms with E-state index in [0.29, 0.717) is 28.7 Å². The molecule has 0 aliphatic carbocycles. The van der Waals surface area contributed by atoms with Crippen molar-refractivity contribution < 1.29 is 27.4 Å². The summed E-state index contributed by atoms with van der Waals surface area (Å²) in [6.45, 7) is 0. The topological polar surface area (TPSA) is 74.3 Å². The van der Waals surface area contributed by atoms with Crippen molar-refractivity contribution in [1.82, 2.24) is 0 Å². The molecule has 0 N–H and O–H groups in total. The smallest absolute Gasteiger partial charge is 0.264 e. The first kappa shape index (κ1) is 18.7. The number of anilines is 1. The average Bonchev–Trinajstić information content (AvgIpc) is 2.65. The molecule has 0 radical (unpaired) electrons. The molecular weight excluding hydrogens is 346 g/mol. The number of sulfonamides is 1. The maximum Gasteiger partial charge on any atom is 0.264 e. The molecule has 0 aliphatic rings. The first-order chi connectivity index (χ1) is 11.9. The van der Waals surface area contributed by atoms with Gasteiger partial charge in [0, 0.05) is 19.2 Å². The Morgan fingerprint density at radius 2 is 1.20 bits per heavy atom. The summed E-state index contributed by atoms with van der Waals surface area (Å²) in [6, 6.07) is 9.32. The largest absolute Gasteiger partial charge is 0.493 e. The fourth-order valence-electron chi connectivity index (χ4n) is 2.29. The quantitative estimate of drug-likeness (QED) is 0.749. The van der Waals surface area contributed by atoms with Crippen LogP contribution in [0, 0.1) is 0 Å². The van der Waals surface area contributed by atoms with Gasteiger partial charge in [-0.15, -0.1) is 0 Å². The van der Waals surface area contributed by atoms with Crippen molar-refractivity contribution in [3.05, 3.63) is 36.4 Å². The Morgan fingerprint density at radius 3 is 1.72 bits per heavy atom. The van der Waals surface area contributed by atoms with Crippen molar-refractivity contribution in [2.75, 3.05) is 39.8 Å². The zero-order valence-electron chi connectivity index (χ0n) is 14.8. The predicted molar refractivity (Wildman–Crippen MR) is 94.7 cm³/mol. The molecule has 2 rings (SSSR count). The van der Waals surface area contributed by atoms with Crippen molar-refractivity contribution in [2.45, 2.75) is 4.90 Å². The molecule has 0 heterocycles. The summed E-state index contributed by atoms with van der Waals surface area (Å²) in [6.07, 6.45) is 0. The molecule has 0 aromatic heterocycles. The number of benzene rings is 2. The highest BCUT2D eigenvalue weighted by atomic mass is 32.2. The molecule has 0 aliphatic heterocycles. The molecule has 0 unspecified atom stereocenters. The van der Waals surface area contributed by atoms with E-state index in [1.807, 2.05) is 0 Å². The van der Waals surface area contributed by atoms with Gasteiger partial charge in [-0.3, -0.25) is 4.31 Å². The standard InChI is InChI=1S/C17H21NO6S/c1-18(12-6-8-14(21-2)16(10-12)23-4)25(19,20)13-7-9-15(22-3)17(11-13)24-5/h6-11H,1-5H3. The number of methoxy groups -OCH3 is 4. The third-order valence-electron chi connectivity index (χ3n) is 3.74. The van der Waals surface area contributed by atoms with Crippen molar-refractivity contribution >= 4 is 15.7 Å². The monoisotopic (exact) mass is 367 g/mol. The number of hydrogen-bond acceptors (Lipinski definition) is 6. The van der Waals surface area contributed by atoms with Gasteiger partial charge in [0.2, 0.25) is 0 Å². The lowest BCUT2D eigenvalue weighted by molar-refractivity contribution is 0.354. The van der Waals surface area contributed by atoms with Gasteiger partial charge in [-0.05, 0) is 24.3 Å². The summed E-state index contributed by atoms with van der Waals surface area (Å²) < 4.78 is 47.7. The van der Waals surface area contributed by atoms with E-state index in [4.69, 9.17) is 18.9 Å². The molecule has 0 saturated carbocycles. The van der Waals surface area contributed by atoms with Crippen LogP contribution in [0.2, 0.25) is 0 Å². The van der Waals surface area contributed by atoms with Crippen molar-refractivity contribution in [3.8, 4) is 23.0 Å². The van der Waals surface area contributed by atoms with E-state index in [-0.39, 0.29) is 4.90 Å². The molecule has 0 bridgehead atoms. The molecule has 2 aromatic carbocycles. The van der Waals surface area contributed by atoms with E-state index >= 15 is 0 Å². The molecule has 0 saturated heterocycles. The van der Waals surface area contributed by atoms with Crippen LogP contribution in [-0.2, 0) is 10.0 Å². The zero-order valence-corrected chi connectivity index (χ0v) is 15.6. The lowest BCUT2D eigenvalue weighted by Crippen LogP contribution is -2.26. The van der Waals surface area contributed by atoms with Crippen LogP contribution in [0.25, 0.3) is 0 Å². The van der Waals surface area contributed by atoms with Crippen LogP contribution >= 0.6 is 0 Å². The number of ether oxygens (including phenoxy) is 4. The van der Waals surface area contributed by atoms with Crippen LogP contribution in [0.3, 0.4) is 0 Å². The molecule has 0 fully saturated rings. The van der Waals surface area contributed by atoms with E-state index in [9.17, 15) is 8.42 Å². The van der Waals surface area contributed by atoms with Crippen LogP contribution in [0.15, 0.2) is 41.3 Å². The number of rotatable bonds is 7. The van der Waals surface area contributed by atoms with E-state index in [1.54, 1.807) is 24.3 Å². The molecule has 7 nitrogen and oxygen atoms in total. The molecule has 25 heavy (non-hydrogen) atoms. The summed E-state index contributed by atoms with van der Waals surface area (Å²) in [5.41, 5.74) is 0.437. The normalized spacial score (nSPS) is 10.9. The lowest BCUT2D eigenvalue weighted by Gasteiger charge is -2.21. The maximum atomic E-state index is 12.9. The van der Waals surface area contributed by atoms with Gasteiger partial charge in [-0.1, -0.05) is 0 Å². The van der Waals surface area contributed by atoms with Crippen molar-refractivity contribution in [3.63, 3.8) is 0 Å². The van der Waals surface area contributed by atoms with Crippen LogP contribution in [0.5, 0.6) is 23.0 Å². The van der Waals surface area contributed by atoms with Gasteiger partial charge >= 0.3 is 0 Å². The molecule has 2 aromatic rings. The SMILES string of the molecule is COc1ccc(N(C)S(=O)(=O)c2ccc(OC)c(OC)c2)cc1OC. The first-order valence-corrected chi connectivity index (χ1v) is 8.76. The second-order valence-electron chi connectivity index (χ2n) is 5.03. The highest BCUT2D eigenvalue weighted by molar-refractivity contribution is 7.92. The summed E-state index contributed by atoms with van der Waals surface area (Å²) >= 11 is 0. The van der Waals surface area contributed by atoms with Gasteiger partial charge in [0.05, 0.1) is 39.0 Å². The highest BCUT2D eigenvalue weighted by Gasteiger charge is 2.24. The van der Waals surface area contributed by atoms with Gasteiger partial charge in [0.15, 0.2) is 23.0 Å². The van der Waals surface area contributed by atoms with E-state index in [2.05, 4.69) is 0 Å². The van der Waals surface area contributed by atoms with Crippen molar-refractivity contribution in [1.29, 1.82) is 0 Å². The second-order valence-corrected chi connectivity index (χ2v) is 7.00. The Bertz CT molecular complexity index is 850. The molecule has 0 atom stereocenters. The van der Waals surface area contributed by atoms with Gasteiger partial charge in [0.1, 0.15) is 0 Å². The Kier molecular flexibility index (Phi) is 5.63. The van der Waals surface area contributed by atoms with Crippen LogP contribution in [0.1, 0.15) is 0 Å². The van der Waals surface area contributed by atoms with Crippen molar-refractivity contribution in [2.24, 2.45) is 0 Å². The lowest BCUT2D eigenvalue weighted by atomic mass is 10.3. The highest BCUT2D eigenvalue weighted by Crippen LogP contribution is 2.35. The minimum absolute atomic E-state index is 0.0856. The number of hydrogen-bond donors (Lipinski definition) is 0. The Balaban J connectivity index is 2.45. The van der Waals surface area contributed by atoms with Gasteiger partial charge < -0.3 is 18.9 Å². The molecule has 8 heteroatoms. The van der Waals surface area contributed by atoms with Gasteiger partial charge in [0.25, 0.3) is 10.0 Å². The van der Waals surface area contributed by atoms with Gasteiger partial charge in [-0.2, -0.15) is 0 Å². The average molecular weight is 367 g/mol. The minimum Gasteiger partial charge on any atom is -0.493 e. The number of nitrogens with zero attached hydrogens (tertiary/aromatic N) is 1. The Hall–Kier alpha value is -2.61. The second kappa shape index (κ2) is 7.52. The van der Waals surface area contributed by atoms with E-state index in [0.717, 1.165) is 4.31 Å². The van der Waals surface area contributed by atoms with Crippen LogP contribution in [-0.4, -0.2) is 43.9 Å². The predicted octanol–water partition coefficient (Wildman–Crippen LogP) is 2.55. The summed E-state index contributed by atoms with van der Waals surface area (Å²) in [5.74, 6) is 1.75. The Morgan fingerprint density at radius 1 is 0.720 bits per heavy atom. The Labute approximate surface area is 147 Å². The fraction of sp³-hybridized carbons (Fsp3) is 0.294. The third kappa shape index (κ3) is 3.58. The molecular formula is C17H21NO6S. The minimum atomic E-state index is -3.79. The fourth-order valence-corrected chi connectivity index (χ4v) is 3.50. The molecule has 0 amide bonds. The first-order valence-electron chi connectivity index (χ1n) is 7.32. The zero-order chi connectivity index (χ0) is 18.6.